The first-order valence-electron chi connectivity index (χ1n) is 15.5. The van der Waals surface area contributed by atoms with Crippen LogP contribution in [-0.4, -0.2) is 53.5 Å². The van der Waals surface area contributed by atoms with Gasteiger partial charge >= 0.3 is 12.1 Å². The first kappa shape index (κ1) is 31.5. The van der Waals surface area contributed by atoms with Crippen LogP contribution in [0.4, 0.5) is 22.0 Å². The van der Waals surface area contributed by atoms with Gasteiger partial charge in [-0.3, -0.25) is 0 Å². The molecule has 0 unspecified atom stereocenters. The Morgan fingerprint density at radius 3 is 2.30 bits per heavy atom. The first-order valence-corrected chi connectivity index (χ1v) is 15.5. The van der Waals surface area contributed by atoms with Crippen molar-refractivity contribution in [3.05, 3.63) is 29.3 Å². The van der Waals surface area contributed by atoms with Crippen molar-refractivity contribution in [1.82, 2.24) is 4.90 Å². The van der Waals surface area contributed by atoms with Gasteiger partial charge in [0.1, 0.15) is 5.75 Å². The summed E-state index contributed by atoms with van der Waals surface area (Å²) < 4.78 is 62.7. The number of nitrogens with zero attached hydrogens (tertiary/aromatic N) is 1. The molecule has 0 spiro atoms. The predicted molar refractivity (Wildman–Crippen MR) is 148 cm³/mol. The molecule has 1 aromatic rings. The highest BCUT2D eigenvalue weighted by atomic mass is 19.4. The molecule has 3 aliphatic carbocycles. The second kappa shape index (κ2) is 12.8. The predicted octanol–water partition coefficient (Wildman–Crippen LogP) is 8.48. The number of phenols is 1. The maximum atomic E-state index is 13.0. The molecule has 2 fully saturated rings. The summed E-state index contributed by atoms with van der Waals surface area (Å²) in [6.45, 7) is 4.09. The number of hydrogen-bond donors (Lipinski definition) is 2. The standard InChI is InChI=1S/C32H48F5NO2/c1-30-21-23(10-6-5-9-19-38(2)18-8-4-3-7-17-31(33,34)32(35,36)37)29-25-14-12-24(39)20-22(25)11-13-26(29)27(30)15-16-28(30)40/h12,14,20,23,26-29,39-40H,3-11,13,15-19,21H2,1-2H3/t23-,26-,27-,28-,29+,30-/m0/s1. The fraction of sp³-hybridized carbons (Fsp3) is 0.812. The van der Waals surface area contributed by atoms with Crippen LogP contribution in [0.5, 0.6) is 5.75 Å². The van der Waals surface area contributed by atoms with E-state index in [1.54, 1.807) is 0 Å². The number of aryl methyl sites for hydroxylation is 1. The Hall–Kier alpha value is -1.41. The third-order valence-electron chi connectivity index (χ3n) is 10.6. The lowest BCUT2D eigenvalue weighted by Crippen LogP contribution is -2.47. The fourth-order valence-electron chi connectivity index (χ4n) is 8.43. The monoisotopic (exact) mass is 573 g/mol. The van der Waals surface area contributed by atoms with Crippen molar-refractivity contribution in [2.24, 2.45) is 23.2 Å². The zero-order chi connectivity index (χ0) is 29.1. The van der Waals surface area contributed by atoms with Crippen molar-refractivity contribution in [3.8, 4) is 5.75 Å². The van der Waals surface area contributed by atoms with Gasteiger partial charge in [0, 0.05) is 6.42 Å². The molecule has 8 heteroatoms. The minimum Gasteiger partial charge on any atom is -0.508 e. The smallest absolute Gasteiger partial charge is 0.453 e. The zero-order valence-electron chi connectivity index (χ0n) is 24.2. The number of aliphatic hydroxyl groups is 1. The van der Waals surface area contributed by atoms with Crippen LogP contribution >= 0.6 is 0 Å². The quantitative estimate of drug-likeness (QED) is 0.184. The van der Waals surface area contributed by atoms with Gasteiger partial charge in [-0.25, -0.2) is 0 Å². The number of halogens is 5. The second-order valence-corrected chi connectivity index (χ2v) is 13.3. The fourth-order valence-corrected chi connectivity index (χ4v) is 8.43. The van der Waals surface area contributed by atoms with Crippen molar-refractivity contribution < 1.29 is 32.2 Å². The highest BCUT2D eigenvalue weighted by molar-refractivity contribution is 5.40. The molecular formula is C32H48F5NO2. The Labute approximate surface area is 236 Å². The Kier molecular flexibility index (Phi) is 10.1. The molecule has 228 valence electrons. The van der Waals surface area contributed by atoms with E-state index >= 15 is 0 Å². The normalized spacial score (nSPS) is 30.3. The molecule has 1 aromatic carbocycles. The summed E-state index contributed by atoms with van der Waals surface area (Å²) in [5.41, 5.74) is 2.72. The lowest BCUT2D eigenvalue weighted by atomic mass is 9.51. The Balaban J connectivity index is 1.20. The van der Waals surface area contributed by atoms with E-state index in [1.807, 2.05) is 19.2 Å². The van der Waals surface area contributed by atoms with E-state index in [-0.39, 0.29) is 17.9 Å². The van der Waals surface area contributed by atoms with Gasteiger partial charge < -0.3 is 15.1 Å². The zero-order valence-corrected chi connectivity index (χ0v) is 24.2. The topological polar surface area (TPSA) is 43.7 Å². The number of fused-ring (bicyclic) bond motifs is 5. The molecule has 3 aliphatic rings. The van der Waals surface area contributed by atoms with Crippen LogP contribution in [-0.2, 0) is 6.42 Å². The van der Waals surface area contributed by atoms with E-state index in [0.717, 1.165) is 77.3 Å². The van der Waals surface area contributed by atoms with E-state index < -0.39 is 18.5 Å². The van der Waals surface area contributed by atoms with Gasteiger partial charge in [-0.1, -0.05) is 38.7 Å². The lowest BCUT2D eigenvalue weighted by Gasteiger charge is -2.54. The van der Waals surface area contributed by atoms with Crippen LogP contribution in [0, 0.1) is 23.2 Å². The number of benzene rings is 1. The minimum absolute atomic E-state index is 0.00309. The molecule has 3 nitrogen and oxygen atoms in total. The van der Waals surface area contributed by atoms with Crippen LogP contribution in [0.15, 0.2) is 18.2 Å². The summed E-state index contributed by atoms with van der Waals surface area (Å²) in [6.07, 6.45) is 4.67. The highest BCUT2D eigenvalue weighted by Gasteiger charge is 2.57. The largest absolute Gasteiger partial charge is 0.508 e. The first-order chi connectivity index (χ1) is 18.8. The number of unbranched alkanes of at least 4 members (excludes halogenated alkanes) is 5. The Bertz CT molecular complexity index is 969. The molecule has 0 radical (unpaired) electrons. The third-order valence-corrected chi connectivity index (χ3v) is 10.6. The summed E-state index contributed by atoms with van der Waals surface area (Å²) in [5, 5.41) is 21.0. The maximum absolute atomic E-state index is 13.0. The average molecular weight is 574 g/mol. The van der Waals surface area contributed by atoms with Gasteiger partial charge in [0.05, 0.1) is 6.10 Å². The molecular weight excluding hydrogens is 525 g/mol. The number of rotatable bonds is 13. The van der Waals surface area contributed by atoms with Crippen molar-refractivity contribution in [2.75, 3.05) is 20.1 Å². The summed E-state index contributed by atoms with van der Waals surface area (Å²) >= 11 is 0. The van der Waals surface area contributed by atoms with Gasteiger partial charge in [0.2, 0.25) is 0 Å². The van der Waals surface area contributed by atoms with Crippen LogP contribution in [0.25, 0.3) is 0 Å². The molecule has 40 heavy (non-hydrogen) atoms. The second-order valence-electron chi connectivity index (χ2n) is 13.3. The Morgan fingerprint density at radius 2 is 1.60 bits per heavy atom. The molecule has 0 amide bonds. The van der Waals surface area contributed by atoms with Gasteiger partial charge in [0.15, 0.2) is 0 Å². The number of aromatic hydroxyl groups is 1. The Morgan fingerprint density at radius 1 is 0.925 bits per heavy atom. The summed E-state index contributed by atoms with van der Waals surface area (Å²) in [6, 6.07) is 5.94. The van der Waals surface area contributed by atoms with Gasteiger partial charge in [-0.2, -0.15) is 22.0 Å². The molecule has 2 N–H and O–H groups in total. The molecule has 2 saturated carbocycles. The van der Waals surface area contributed by atoms with E-state index in [9.17, 15) is 32.2 Å². The van der Waals surface area contributed by atoms with E-state index in [4.69, 9.17) is 0 Å². The molecule has 0 aliphatic heterocycles. The minimum atomic E-state index is -5.45. The number of aliphatic hydroxyl groups excluding tert-OH is 1. The summed E-state index contributed by atoms with van der Waals surface area (Å²) in [5.74, 6) is -2.03. The molecule has 0 bridgehead atoms. The summed E-state index contributed by atoms with van der Waals surface area (Å²) in [7, 11) is 2.04. The molecule has 0 aromatic heterocycles. The van der Waals surface area contributed by atoms with Crippen LogP contribution < -0.4 is 0 Å². The lowest BCUT2D eigenvalue weighted by molar-refractivity contribution is -0.284. The van der Waals surface area contributed by atoms with Gasteiger partial charge in [0.25, 0.3) is 0 Å². The molecule has 6 atom stereocenters. The van der Waals surface area contributed by atoms with Gasteiger partial charge in [-0.15, -0.1) is 0 Å². The van der Waals surface area contributed by atoms with Crippen molar-refractivity contribution in [1.29, 1.82) is 0 Å². The number of hydrogen-bond acceptors (Lipinski definition) is 3. The van der Waals surface area contributed by atoms with Crippen LogP contribution in [0.2, 0.25) is 0 Å². The van der Waals surface area contributed by atoms with E-state index in [1.165, 1.54) is 11.1 Å². The van der Waals surface area contributed by atoms with E-state index in [0.29, 0.717) is 42.3 Å². The van der Waals surface area contributed by atoms with Crippen molar-refractivity contribution >= 4 is 0 Å². The number of alkyl halides is 5. The van der Waals surface area contributed by atoms with Crippen molar-refractivity contribution in [3.63, 3.8) is 0 Å². The van der Waals surface area contributed by atoms with Crippen LogP contribution in [0.1, 0.15) is 107 Å². The average Bonchev–Trinajstić information content (AvgIpc) is 3.18. The SMILES string of the molecule is CN(CCCCCCC(F)(F)C(F)(F)F)CCCCC[C@H]1C[C@]2(C)[C@@H](O)CC[C@H]2[C@@H]2CCc3cc(O)ccc3[C@@H]12. The highest BCUT2D eigenvalue weighted by Crippen LogP contribution is 2.63. The third kappa shape index (κ3) is 6.96. The molecule has 0 saturated heterocycles. The number of phenolic OH excluding ortho intramolecular Hbond substituents is 1. The summed E-state index contributed by atoms with van der Waals surface area (Å²) in [4.78, 5) is 2.23. The van der Waals surface area contributed by atoms with Gasteiger partial charge in [-0.05, 0) is 130 Å². The molecule has 0 heterocycles. The van der Waals surface area contributed by atoms with E-state index in [2.05, 4.69) is 17.9 Å². The molecule has 4 rings (SSSR count). The maximum Gasteiger partial charge on any atom is 0.453 e. The van der Waals surface area contributed by atoms with Crippen LogP contribution in [0.3, 0.4) is 0 Å². The van der Waals surface area contributed by atoms with Crippen molar-refractivity contribution in [2.45, 2.75) is 121 Å².